The number of carbonyl (C=O) groups is 8. The van der Waals surface area contributed by atoms with Crippen molar-refractivity contribution >= 4 is 83.4 Å². The molecule has 0 radical (unpaired) electrons. The van der Waals surface area contributed by atoms with E-state index in [1.165, 1.54) is 24.3 Å². The summed E-state index contributed by atoms with van der Waals surface area (Å²) >= 11 is 0. The van der Waals surface area contributed by atoms with Crippen molar-refractivity contribution in [1.82, 2.24) is 0 Å². The van der Waals surface area contributed by atoms with Crippen molar-refractivity contribution in [3.63, 3.8) is 0 Å². The van der Waals surface area contributed by atoms with Gasteiger partial charge >= 0.3 is 47.8 Å². The summed E-state index contributed by atoms with van der Waals surface area (Å²) in [5, 5.41) is 0. The van der Waals surface area contributed by atoms with Crippen LogP contribution in [-0.4, -0.2) is 123 Å². The third kappa shape index (κ3) is 20.4. The molecule has 4 N–H and O–H groups in total. The molecule has 0 bridgehead atoms. The number of hydrogen-bond acceptors (Lipinski definition) is 22. The van der Waals surface area contributed by atoms with Gasteiger partial charge in [0.25, 0.3) is 0 Å². The van der Waals surface area contributed by atoms with E-state index in [0.29, 0.717) is 143 Å². The quantitative estimate of drug-likeness (QED) is 0.0139. The summed E-state index contributed by atoms with van der Waals surface area (Å²) in [7, 11) is 0. The Morgan fingerprint density at radius 1 is 0.302 bits per heavy atom. The lowest BCUT2D eigenvalue weighted by molar-refractivity contribution is -0.218. The van der Waals surface area contributed by atoms with Crippen LogP contribution in [0.25, 0.3) is 24.3 Å². The van der Waals surface area contributed by atoms with E-state index < -0.39 is 73.0 Å². The number of anilines is 2. The lowest BCUT2D eigenvalue weighted by atomic mass is 9.36. The third-order valence-electron chi connectivity index (χ3n) is 29.8. The molecule has 0 amide bonds. The zero-order valence-corrected chi connectivity index (χ0v) is 73.2. The van der Waals surface area contributed by atoms with Gasteiger partial charge in [-0.15, -0.1) is 0 Å². The van der Waals surface area contributed by atoms with Crippen LogP contribution < -0.4 is 30.4 Å². The molecule has 22 heteroatoms. The molecular weight excluding hydrogens is 1600 g/mol. The van der Waals surface area contributed by atoms with E-state index in [0.717, 1.165) is 129 Å². The number of nitrogen functional groups attached to an aromatic ring is 2. The van der Waals surface area contributed by atoms with E-state index >= 15 is 0 Å². The number of carbonyl (C=O) groups excluding carboxylic acids is 8. The van der Waals surface area contributed by atoms with Crippen molar-refractivity contribution in [3.8, 4) is 23.0 Å². The highest BCUT2D eigenvalue weighted by Gasteiger charge is 2.73. The summed E-state index contributed by atoms with van der Waals surface area (Å²) in [6, 6.07) is 41.1. The summed E-state index contributed by atoms with van der Waals surface area (Å²) in [4.78, 5) is 113. The van der Waals surface area contributed by atoms with Crippen molar-refractivity contribution in [2.45, 2.75) is 216 Å². The number of nitrogens with two attached hydrogens (primary N) is 2. The van der Waals surface area contributed by atoms with Crippen LogP contribution in [0.2, 0.25) is 0 Å². The predicted molar refractivity (Wildman–Crippen MR) is 476 cm³/mol. The highest BCUT2D eigenvalue weighted by Crippen LogP contribution is 2.73. The minimum absolute atomic E-state index is 0.165. The molecule has 9 fully saturated rings. The van der Waals surface area contributed by atoms with E-state index in [2.05, 4.69) is 27.7 Å². The van der Waals surface area contributed by atoms with Gasteiger partial charge in [0.1, 0.15) is 49.4 Å². The predicted octanol–water partition coefficient (Wildman–Crippen LogP) is 18.9. The summed E-state index contributed by atoms with van der Waals surface area (Å²) < 4.78 is 74.8. The van der Waals surface area contributed by atoms with Crippen LogP contribution in [0.1, 0.15) is 227 Å². The molecule has 4 unspecified atom stereocenters. The smallest absolute Gasteiger partial charge is 0.330 e. The van der Waals surface area contributed by atoms with Crippen LogP contribution in [0.3, 0.4) is 0 Å². The second kappa shape index (κ2) is 40.2. The maximum Gasteiger partial charge on any atom is 0.330 e. The number of hydrogen-bond donors (Lipinski definition) is 2. The monoisotopic (exact) mass is 1720 g/mol. The molecule has 6 aromatic carbocycles. The first-order chi connectivity index (χ1) is 61.1. The lowest BCUT2D eigenvalue weighted by Gasteiger charge is -2.67. The maximum atomic E-state index is 14.7. The molecule has 22 nitrogen and oxygen atoms in total. The fourth-order valence-corrected chi connectivity index (χ4v) is 22.9. The van der Waals surface area contributed by atoms with E-state index in [9.17, 15) is 38.4 Å². The summed E-state index contributed by atoms with van der Waals surface area (Å²) in [5.74, 6) is -3.98. The van der Waals surface area contributed by atoms with Crippen molar-refractivity contribution in [2.24, 2.45) is 58.2 Å². The zero-order valence-electron chi connectivity index (χ0n) is 73.2. The lowest BCUT2D eigenvalue weighted by Crippen LogP contribution is -2.68. The number of rotatable bonds is 30. The Bertz CT molecular complexity index is 4330. The van der Waals surface area contributed by atoms with Gasteiger partial charge < -0.3 is 68.3 Å². The third-order valence-corrected chi connectivity index (χ3v) is 29.8. The standard InChI is InChI=1S/C104H122N2O20/c1-5-79-49-61-119-101(79)53-41-75(42-54-101)95(111)123-85-29-9-69(10-30-85)17-37-89(107)115-65-99(66-116-90(108)38-18-70-11-31-86(32-12-70)124-96(112)76-43-55-102(56-44-76)80(6-2)50-62-120-102)93(73-21-25-83(105)26-22-73)100(94(99)74-23-27-84(106)28-24-74,67-117-91(109)39-19-71-13-33-87(34-14-71)125-97(113)77-45-57-103(58-46-77)81(7-3)51-63-121-103)68-118-92(110)40-20-72-15-35-88(36-16-72)126-98(114)78-47-59-104(60-48-78)82(8-4)52-64-122-104/h9-40,75-82,93-94H,5-8,41-68,105-106H2,1-4H3/b37-17+,38-18+,39-19+,40-20+. The molecule has 15 rings (SSSR count). The fourth-order valence-electron chi connectivity index (χ4n) is 22.9. The number of benzene rings is 6. The molecule has 9 aliphatic rings. The van der Waals surface area contributed by atoms with Gasteiger partial charge in [-0.1, -0.05) is 126 Å². The van der Waals surface area contributed by atoms with Gasteiger partial charge in [-0.3, -0.25) is 19.2 Å². The normalized spacial score (nSPS) is 30.0. The molecule has 5 aliphatic carbocycles. The molecule has 4 spiro atoms. The van der Waals surface area contributed by atoms with Gasteiger partial charge in [-0.2, -0.15) is 0 Å². The summed E-state index contributed by atoms with van der Waals surface area (Å²) in [5.41, 5.74) is 13.5. The number of ether oxygens (including phenoxy) is 12. The molecule has 0 aromatic heterocycles. The van der Waals surface area contributed by atoms with Gasteiger partial charge in [-0.05, 0) is 283 Å². The van der Waals surface area contributed by atoms with Crippen LogP contribution in [-0.2, 0) is 76.3 Å². The Hall–Kier alpha value is -10.5. The van der Waals surface area contributed by atoms with E-state index in [-0.39, 0.29) is 70.0 Å². The first-order valence-corrected chi connectivity index (χ1v) is 46.0. The molecular formula is C104H122N2O20. The Balaban J connectivity index is 0.701. The van der Waals surface area contributed by atoms with Gasteiger partial charge in [0.05, 0.1) is 56.9 Å². The SMILES string of the molecule is CCC1CCOC12CCC(C(=O)Oc1ccc(/C=C/C(=O)OCC3(COC(=O)/C=C/c4ccc(OC(=O)C5CCC6(CC5)OCCC6CC)cc4)C(c4ccc(N)cc4)C(COC(=O)/C=C/c4ccc(OC(=O)C5CCC6(CC5)OCCC6CC)cc4)(COC(=O)/C=C/c4ccc(OC(=O)C5CCC6(CC5)OCCC6CC)cc4)C3c3ccc(N)cc3)cc1)CC2. The van der Waals surface area contributed by atoms with E-state index in [4.69, 9.17) is 68.3 Å². The first-order valence-electron chi connectivity index (χ1n) is 46.0. The van der Waals surface area contributed by atoms with E-state index in [1.54, 1.807) is 170 Å². The second-order valence-electron chi connectivity index (χ2n) is 36.7. The topological polar surface area (TPSA) is 299 Å². The highest BCUT2D eigenvalue weighted by molar-refractivity contribution is 5.90. The number of esters is 8. The Kier molecular flexibility index (Phi) is 28.8. The Morgan fingerprint density at radius 3 is 0.706 bits per heavy atom. The molecule has 4 aliphatic heterocycles. The van der Waals surface area contributed by atoms with Crippen LogP contribution in [0.4, 0.5) is 11.4 Å². The Labute approximate surface area is 739 Å². The molecule has 4 atom stereocenters. The molecule has 4 saturated heterocycles. The van der Waals surface area contributed by atoms with Crippen LogP contribution >= 0.6 is 0 Å². The zero-order chi connectivity index (χ0) is 88.1. The van der Waals surface area contributed by atoms with Crippen molar-refractivity contribution in [1.29, 1.82) is 0 Å². The average molecular weight is 1720 g/mol. The minimum Gasteiger partial charge on any atom is -0.462 e. The van der Waals surface area contributed by atoms with Gasteiger partial charge in [0.15, 0.2) is 0 Å². The molecule has 5 saturated carbocycles. The second-order valence-corrected chi connectivity index (χ2v) is 36.7. The van der Waals surface area contributed by atoms with Crippen LogP contribution in [0.5, 0.6) is 23.0 Å². The highest BCUT2D eigenvalue weighted by atomic mass is 16.6. The summed E-state index contributed by atoms with van der Waals surface area (Å²) in [6.45, 7) is 9.95. The van der Waals surface area contributed by atoms with Gasteiger partial charge in [0, 0.05) is 73.9 Å². The average Bonchev–Trinajstić information content (AvgIpc) is 1.22. The van der Waals surface area contributed by atoms with Crippen molar-refractivity contribution < 1.29 is 95.2 Å². The van der Waals surface area contributed by atoms with Crippen LogP contribution in [0, 0.1) is 58.2 Å². The van der Waals surface area contributed by atoms with Gasteiger partial charge in [0.2, 0.25) is 0 Å². The molecule has 668 valence electrons. The van der Waals surface area contributed by atoms with Crippen molar-refractivity contribution in [3.05, 3.63) is 203 Å². The minimum atomic E-state index is -1.53. The van der Waals surface area contributed by atoms with Gasteiger partial charge in [-0.25, -0.2) is 19.2 Å². The van der Waals surface area contributed by atoms with E-state index in [1.807, 2.05) is 0 Å². The Morgan fingerprint density at radius 2 is 0.508 bits per heavy atom. The molecule has 126 heavy (non-hydrogen) atoms. The molecule has 6 aromatic rings. The maximum absolute atomic E-state index is 14.7. The van der Waals surface area contributed by atoms with Crippen molar-refractivity contribution in [2.75, 3.05) is 64.3 Å². The first kappa shape index (κ1) is 90.3. The largest absolute Gasteiger partial charge is 0.462 e. The molecule has 4 heterocycles. The fraction of sp³-hybridized carbons (Fsp3) is 0.500. The summed E-state index contributed by atoms with van der Waals surface area (Å²) in [6.07, 6.45) is 31.6. The van der Waals surface area contributed by atoms with Crippen LogP contribution in [0.15, 0.2) is 170 Å².